The van der Waals surface area contributed by atoms with Crippen molar-refractivity contribution in [3.8, 4) is 5.75 Å². The molecule has 3 aliphatic rings. The first kappa shape index (κ1) is 26.4. The van der Waals surface area contributed by atoms with Crippen LogP contribution in [0.5, 0.6) is 5.75 Å². The number of nitrogens with two attached hydrogens (primary N) is 1. The standard InChI is InChI=1S/C29H36FN5O3S/c30-25-13-23(14-26-28(25)29(36)33-27(32-26)18-39-24-7-11-37-12-8-24)38-17-19-5-9-34(10-6-19)22-15-35(16-22)21-3-1-20(31)2-4-21/h1-4,13-14,19,22,24H,5-12,15-18,31H2,(H,32,33,36). The van der Waals surface area contributed by atoms with Gasteiger partial charge in [0.25, 0.3) is 5.56 Å². The van der Waals surface area contributed by atoms with E-state index in [1.165, 1.54) is 11.8 Å². The van der Waals surface area contributed by atoms with E-state index in [0.29, 0.717) is 46.7 Å². The molecule has 10 heteroatoms. The van der Waals surface area contributed by atoms with Gasteiger partial charge < -0.3 is 25.1 Å². The van der Waals surface area contributed by atoms with Gasteiger partial charge in [-0.3, -0.25) is 9.69 Å². The number of ether oxygens (including phenoxy) is 2. The number of nitrogens with zero attached hydrogens (tertiary/aromatic N) is 3. The quantitative estimate of drug-likeness (QED) is 0.404. The molecule has 6 rings (SSSR count). The Morgan fingerprint density at radius 1 is 1.10 bits per heavy atom. The molecule has 3 fully saturated rings. The van der Waals surface area contributed by atoms with Gasteiger partial charge in [-0.25, -0.2) is 9.37 Å². The molecule has 3 saturated heterocycles. The first-order chi connectivity index (χ1) is 19.0. The van der Waals surface area contributed by atoms with Crippen LogP contribution in [0.2, 0.25) is 0 Å². The van der Waals surface area contributed by atoms with Crippen molar-refractivity contribution in [2.24, 2.45) is 5.92 Å². The molecule has 1 aromatic heterocycles. The Kier molecular flexibility index (Phi) is 7.95. The average Bonchev–Trinajstić information content (AvgIpc) is 2.92. The molecule has 39 heavy (non-hydrogen) atoms. The molecule has 2 aromatic carbocycles. The van der Waals surface area contributed by atoms with Gasteiger partial charge in [-0.2, -0.15) is 11.8 Å². The van der Waals surface area contributed by atoms with E-state index in [-0.39, 0.29) is 5.39 Å². The summed E-state index contributed by atoms with van der Waals surface area (Å²) in [5.74, 6) is 1.41. The normalized spacial score (nSPS) is 19.9. The molecule has 3 aliphatic heterocycles. The molecule has 0 amide bonds. The second-order valence-electron chi connectivity index (χ2n) is 10.9. The highest BCUT2D eigenvalue weighted by Crippen LogP contribution is 2.29. The lowest BCUT2D eigenvalue weighted by molar-refractivity contribution is 0.0932. The van der Waals surface area contributed by atoms with Crippen molar-refractivity contribution in [2.75, 3.05) is 56.6 Å². The summed E-state index contributed by atoms with van der Waals surface area (Å²) < 4.78 is 26.3. The Labute approximate surface area is 232 Å². The third kappa shape index (κ3) is 6.18. The largest absolute Gasteiger partial charge is 0.493 e. The van der Waals surface area contributed by atoms with Crippen LogP contribution in [0.25, 0.3) is 10.9 Å². The fourth-order valence-corrected chi connectivity index (χ4v) is 6.78. The molecule has 0 radical (unpaired) electrons. The lowest BCUT2D eigenvalue weighted by Crippen LogP contribution is -2.61. The molecule has 3 aromatic rings. The number of rotatable bonds is 8. The van der Waals surface area contributed by atoms with Crippen LogP contribution in [0.1, 0.15) is 31.5 Å². The first-order valence-corrected chi connectivity index (χ1v) is 15.0. The van der Waals surface area contributed by atoms with E-state index in [1.807, 2.05) is 12.1 Å². The SMILES string of the molecule is Nc1ccc(N2CC(N3CCC(COc4cc(F)c5c(=O)[nH]c(CSC6CCOCC6)nc5c4)CC3)C2)cc1. The maximum Gasteiger partial charge on any atom is 0.261 e. The highest BCUT2D eigenvalue weighted by Gasteiger charge is 2.34. The van der Waals surface area contributed by atoms with Gasteiger partial charge in [-0.1, -0.05) is 0 Å². The molecule has 8 nitrogen and oxygen atoms in total. The number of aromatic nitrogens is 2. The van der Waals surface area contributed by atoms with Gasteiger partial charge in [0.15, 0.2) is 0 Å². The Bertz CT molecular complexity index is 1330. The number of nitrogen functional groups attached to an aromatic ring is 1. The third-order valence-corrected chi connectivity index (χ3v) is 9.56. The van der Waals surface area contributed by atoms with Gasteiger partial charge >= 0.3 is 0 Å². The van der Waals surface area contributed by atoms with Crippen LogP contribution in [0.3, 0.4) is 0 Å². The number of likely N-dealkylation sites (tertiary alicyclic amines) is 1. The number of hydrogen-bond donors (Lipinski definition) is 2. The first-order valence-electron chi connectivity index (χ1n) is 13.9. The molecule has 0 bridgehead atoms. The molecule has 0 unspecified atom stereocenters. The number of benzene rings is 2. The van der Waals surface area contributed by atoms with Gasteiger partial charge in [0, 0.05) is 61.1 Å². The van der Waals surface area contributed by atoms with E-state index >= 15 is 0 Å². The predicted molar refractivity (Wildman–Crippen MR) is 154 cm³/mol. The van der Waals surface area contributed by atoms with Crippen molar-refractivity contribution in [3.05, 3.63) is 58.4 Å². The molecule has 3 N–H and O–H groups in total. The summed E-state index contributed by atoms with van der Waals surface area (Å²) in [4.78, 5) is 24.9. The van der Waals surface area contributed by atoms with Crippen LogP contribution in [0, 0.1) is 11.7 Å². The molecule has 0 saturated carbocycles. The summed E-state index contributed by atoms with van der Waals surface area (Å²) in [7, 11) is 0. The maximum atomic E-state index is 14.9. The van der Waals surface area contributed by atoms with Gasteiger partial charge in [0.2, 0.25) is 0 Å². The summed E-state index contributed by atoms with van der Waals surface area (Å²) in [6.07, 6.45) is 4.10. The Morgan fingerprint density at radius 2 is 1.85 bits per heavy atom. The number of anilines is 2. The maximum absolute atomic E-state index is 14.9. The van der Waals surface area contributed by atoms with Crippen LogP contribution in [0.15, 0.2) is 41.2 Å². The van der Waals surface area contributed by atoms with Crippen LogP contribution >= 0.6 is 11.8 Å². The number of halogens is 1. The summed E-state index contributed by atoms with van der Waals surface area (Å²) in [5.41, 5.74) is 7.74. The smallest absolute Gasteiger partial charge is 0.261 e. The number of nitrogens with one attached hydrogen (secondary N) is 1. The van der Waals surface area contributed by atoms with E-state index in [0.717, 1.165) is 70.8 Å². The van der Waals surface area contributed by atoms with E-state index in [1.54, 1.807) is 17.8 Å². The number of fused-ring (bicyclic) bond motifs is 1. The van der Waals surface area contributed by atoms with Crippen LogP contribution in [-0.2, 0) is 10.5 Å². The molecule has 4 heterocycles. The summed E-state index contributed by atoms with van der Waals surface area (Å²) in [6, 6.07) is 11.7. The van der Waals surface area contributed by atoms with Gasteiger partial charge in [0.05, 0.1) is 17.9 Å². The monoisotopic (exact) mass is 553 g/mol. The zero-order valence-electron chi connectivity index (χ0n) is 22.1. The fraction of sp³-hybridized carbons (Fsp3) is 0.517. The van der Waals surface area contributed by atoms with Crippen molar-refractivity contribution in [3.63, 3.8) is 0 Å². The van der Waals surface area contributed by atoms with Crippen molar-refractivity contribution in [1.82, 2.24) is 14.9 Å². The lowest BCUT2D eigenvalue weighted by Gasteiger charge is -2.48. The second-order valence-corrected chi connectivity index (χ2v) is 12.2. The number of hydrogen-bond acceptors (Lipinski definition) is 8. The summed E-state index contributed by atoms with van der Waals surface area (Å²) >= 11 is 1.76. The van der Waals surface area contributed by atoms with Crippen LogP contribution in [0.4, 0.5) is 15.8 Å². The molecular formula is C29H36FN5O3S. The third-order valence-electron chi connectivity index (χ3n) is 8.18. The van der Waals surface area contributed by atoms with Crippen LogP contribution < -0.4 is 20.9 Å². The van der Waals surface area contributed by atoms with E-state index < -0.39 is 11.4 Å². The van der Waals surface area contributed by atoms with Gasteiger partial charge in [-0.15, -0.1) is 0 Å². The lowest BCUT2D eigenvalue weighted by atomic mass is 9.94. The van der Waals surface area contributed by atoms with Gasteiger partial charge in [0.1, 0.15) is 22.8 Å². The number of piperidine rings is 1. The van der Waals surface area contributed by atoms with Crippen molar-refractivity contribution in [2.45, 2.75) is 42.7 Å². The second kappa shape index (κ2) is 11.7. The van der Waals surface area contributed by atoms with Crippen LogP contribution in [-0.4, -0.2) is 72.2 Å². The van der Waals surface area contributed by atoms with E-state index in [2.05, 4.69) is 31.9 Å². The molecule has 208 valence electrons. The Morgan fingerprint density at radius 3 is 2.59 bits per heavy atom. The van der Waals surface area contributed by atoms with E-state index in [4.69, 9.17) is 15.2 Å². The molecule has 0 aliphatic carbocycles. The average molecular weight is 554 g/mol. The zero-order valence-corrected chi connectivity index (χ0v) is 22.9. The highest BCUT2D eigenvalue weighted by atomic mass is 32.2. The number of thioether (sulfide) groups is 1. The predicted octanol–water partition coefficient (Wildman–Crippen LogP) is 4.04. The topological polar surface area (TPSA) is 96.7 Å². The number of H-pyrrole nitrogens is 1. The summed E-state index contributed by atoms with van der Waals surface area (Å²) in [6.45, 7) is 6.27. The zero-order chi connectivity index (χ0) is 26.8. The number of aromatic amines is 1. The highest BCUT2D eigenvalue weighted by molar-refractivity contribution is 7.99. The Hall–Kier alpha value is -2.82. The molecule has 0 spiro atoms. The van der Waals surface area contributed by atoms with Crippen molar-refractivity contribution >= 4 is 34.0 Å². The molecule has 0 atom stereocenters. The minimum Gasteiger partial charge on any atom is -0.493 e. The molecular weight excluding hydrogens is 517 g/mol. The minimum absolute atomic E-state index is 0.0102. The fourth-order valence-electron chi connectivity index (χ4n) is 5.72. The van der Waals surface area contributed by atoms with Crippen molar-refractivity contribution < 1.29 is 13.9 Å². The Balaban J connectivity index is 1.01. The van der Waals surface area contributed by atoms with E-state index in [9.17, 15) is 9.18 Å². The van der Waals surface area contributed by atoms with Gasteiger partial charge in [-0.05, 0) is 69.0 Å². The minimum atomic E-state index is -0.592. The summed E-state index contributed by atoms with van der Waals surface area (Å²) in [5, 5.41) is 0.480. The van der Waals surface area contributed by atoms with Crippen molar-refractivity contribution in [1.29, 1.82) is 0 Å².